The normalized spacial score (nSPS) is 11.6. The molecule has 0 aromatic heterocycles. The van der Waals surface area contributed by atoms with E-state index in [-0.39, 0.29) is 16.4 Å². The number of benzene rings is 2. The first-order valence-electron chi connectivity index (χ1n) is 6.89. The maximum Gasteiger partial charge on any atom is 0.339 e. The zero-order valence-corrected chi connectivity index (χ0v) is 13.6. The van der Waals surface area contributed by atoms with Gasteiger partial charge in [0.2, 0.25) is 0 Å². The Morgan fingerprint density at radius 2 is 1.61 bits per heavy atom. The van der Waals surface area contributed by atoms with E-state index in [9.17, 15) is 14.7 Å². The number of rotatable bonds is 5. The van der Waals surface area contributed by atoms with Gasteiger partial charge in [-0.1, -0.05) is 54.2 Å². The minimum Gasteiger partial charge on any atom is -0.506 e. The summed E-state index contributed by atoms with van der Waals surface area (Å²) >= 11 is 1.05. The van der Waals surface area contributed by atoms with Crippen LogP contribution in [0.25, 0.3) is 5.76 Å². The summed E-state index contributed by atoms with van der Waals surface area (Å²) in [6.07, 6.45) is 0. The predicted molar refractivity (Wildman–Crippen MR) is 90.3 cm³/mol. The number of allylic oxidation sites excluding steroid dienone is 1. The monoisotopic (exact) mass is 328 g/mol. The van der Waals surface area contributed by atoms with Crippen LogP contribution in [0.1, 0.15) is 22.8 Å². The van der Waals surface area contributed by atoms with Crippen molar-refractivity contribution in [2.24, 2.45) is 0 Å². The number of carbonyl (C=O) groups excluding carboxylic acids is 2. The van der Waals surface area contributed by atoms with E-state index in [2.05, 4.69) is 0 Å². The highest BCUT2D eigenvalue weighted by molar-refractivity contribution is 8.04. The molecule has 0 heterocycles. The highest BCUT2D eigenvalue weighted by Crippen LogP contribution is 2.34. The maximum absolute atomic E-state index is 12.0. The third-order valence-corrected chi connectivity index (χ3v) is 4.35. The fraction of sp³-hybridized carbons (Fsp3) is 0.111. The van der Waals surface area contributed by atoms with E-state index >= 15 is 0 Å². The molecule has 0 fully saturated rings. The summed E-state index contributed by atoms with van der Waals surface area (Å²) < 4.78 is 4.75. The molecule has 0 saturated heterocycles. The highest BCUT2D eigenvalue weighted by atomic mass is 32.2. The van der Waals surface area contributed by atoms with Gasteiger partial charge in [-0.2, -0.15) is 0 Å². The molecule has 2 rings (SSSR count). The van der Waals surface area contributed by atoms with Crippen LogP contribution in [0.2, 0.25) is 0 Å². The zero-order valence-electron chi connectivity index (χ0n) is 12.8. The molecule has 0 amide bonds. The van der Waals surface area contributed by atoms with E-state index in [1.54, 1.807) is 48.5 Å². The van der Waals surface area contributed by atoms with Gasteiger partial charge in [0.25, 0.3) is 0 Å². The largest absolute Gasteiger partial charge is 0.506 e. The second-order valence-electron chi connectivity index (χ2n) is 4.69. The number of aliphatic hydroxyl groups is 1. The second-order valence-corrected chi connectivity index (χ2v) is 5.74. The van der Waals surface area contributed by atoms with Crippen molar-refractivity contribution >= 4 is 29.3 Å². The summed E-state index contributed by atoms with van der Waals surface area (Å²) in [5.74, 6) is -0.881. The van der Waals surface area contributed by atoms with Gasteiger partial charge in [0.1, 0.15) is 5.76 Å². The minimum atomic E-state index is -0.491. The Labute approximate surface area is 138 Å². The molecule has 0 aliphatic heterocycles. The molecule has 2 aromatic carbocycles. The lowest BCUT2D eigenvalue weighted by atomic mass is 10.1. The maximum atomic E-state index is 12.0. The van der Waals surface area contributed by atoms with Gasteiger partial charge >= 0.3 is 5.97 Å². The standard InChI is InChI=1S/C18H16O4S/c1-12(19)17(16(20)13-8-4-3-5-9-13)23-15-11-7-6-10-14(15)18(21)22-2/h3-11,20H,1-2H3/b17-16-. The number of thioether (sulfide) groups is 1. The second kappa shape index (κ2) is 7.65. The smallest absolute Gasteiger partial charge is 0.339 e. The van der Waals surface area contributed by atoms with Gasteiger partial charge in [-0.3, -0.25) is 4.79 Å². The molecule has 5 heteroatoms. The number of ether oxygens (including phenoxy) is 1. The van der Waals surface area contributed by atoms with Crippen molar-refractivity contribution in [3.63, 3.8) is 0 Å². The van der Waals surface area contributed by atoms with Crippen LogP contribution in [0.4, 0.5) is 0 Å². The lowest BCUT2D eigenvalue weighted by Crippen LogP contribution is -2.04. The van der Waals surface area contributed by atoms with Gasteiger partial charge in [0, 0.05) is 10.5 Å². The van der Waals surface area contributed by atoms with Gasteiger partial charge in [0.05, 0.1) is 17.6 Å². The molecule has 0 bridgehead atoms. The molecule has 0 radical (unpaired) electrons. The Morgan fingerprint density at radius 1 is 1.00 bits per heavy atom. The summed E-state index contributed by atoms with van der Waals surface area (Å²) in [7, 11) is 1.30. The Balaban J connectivity index is 2.47. The van der Waals surface area contributed by atoms with Crippen LogP contribution in [-0.4, -0.2) is 24.0 Å². The van der Waals surface area contributed by atoms with Crippen molar-refractivity contribution in [3.05, 3.63) is 70.6 Å². The van der Waals surface area contributed by atoms with Gasteiger partial charge in [-0.05, 0) is 19.1 Å². The molecule has 0 atom stereocenters. The van der Waals surface area contributed by atoms with Crippen LogP contribution in [0, 0.1) is 0 Å². The number of hydrogen-bond acceptors (Lipinski definition) is 5. The fourth-order valence-electron chi connectivity index (χ4n) is 1.96. The Morgan fingerprint density at radius 3 is 2.22 bits per heavy atom. The first-order chi connectivity index (χ1) is 11.0. The van der Waals surface area contributed by atoms with Crippen LogP contribution in [-0.2, 0) is 9.53 Å². The Bertz CT molecular complexity index is 751. The van der Waals surface area contributed by atoms with Crippen molar-refractivity contribution in [2.75, 3.05) is 7.11 Å². The van der Waals surface area contributed by atoms with Crippen LogP contribution in [0.5, 0.6) is 0 Å². The number of carbonyl (C=O) groups is 2. The third-order valence-electron chi connectivity index (χ3n) is 3.09. The van der Waals surface area contributed by atoms with E-state index in [0.717, 1.165) is 11.8 Å². The first kappa shape index (κ1) is 16.8. The summed E-state index contributed by atoms with van der Waals surface area (Å²) in [6, 6.07) is 15.6. The predicted octanol–water partition coefficient (Wildman–Crippen LogP) is 4.08. The van der Waals surface area contributed by atoms with E-state index < -0.39 is 5.97 Å². The van der Waals surface area contributed by atoms with Crippen molar-refractivity contribution in [2.45, 2.75) is 11.8 Å². The molecule has 0 aliphatic carbocycles. The highest BCUT2D eigenvalue weighted by Gasteiger charge is 2.19. The number of ketones is 1. The topological polar surface area (TPSA) is 63.6 Å². The lowest BCUT2D eigenvalue weighted by molar-refractivity contribution is -0.112. The molecule has 2 aromatic rings. The number of aliphatic hydroxyl groups excluding tert-OH is 1. The summed E-state index contributed by atoms with van der Waals surface area (Å²) in [6.45, 7) is 1.38. The van der Waals surface area contributed by atoms with Crippen molar-refractivity contribution < 1.29 is 19.4 Å². The van der Waals surface area contributed by atoms with Crippen LogP contribution in [0.15, 0.2) is 64.4 Å². The molecule has 0 saturated carbocycles. The molecular weight excluding hydrogens is 312 g/mol. The van der Waals surface area contributed by atoms with Crippen LogP contribution >= 0.6 is 11.8 Å². The molecule has 0 aliphatic rings. The molecule has 4 nitrogen and oxygen atoms in total. The quantitative estimate of drug-likeness (QED) is 0.388. The van der Waals surface area contributed by atoms with E-state index in [1.807, 2.05) is 6.07 Å². The summed E-state index contributed by atoms with van der Waals surface area (Å²) in [4.78, 5) is 24.5. The summed E-state index contributed by atoms with van der Waals surface area (Å²) in [5, 5.41) is 10.4. The SMILES string of the molecule is COC(=O)c1ccccc1S/C(C(C)=O)=C(\O)c1ccccc1. The van der Waals surface area contributed by atoms with Crippen LogP contribution in [0.3, 0.4) is 0 Å². The molecule has 23 heavy (non-hydrogen) atoms. The average molecular weight is 328 g/mol. The first-order valence-corrected chi connectivity index (χ1v) is 7.71. The van der Waals surface area contributed by atoms with Gasteiger partial charge in [-0.25, -0.2) is 4.79 Å². The van der Waals surface area contributed by atoms with Crippen LogP contribution < -0.4 is 0 Å². The molecular formula is C18H16O4S. The number of methoxy groups -OCH3 is 1. The Kier molecular flexibility index (Phi) is 5.60. The lowest BCUT2D eigenvalue weighted by Gasteiger charge is -2.11. The van der Waals surface area contributed by atoms with E-state index in [4.69, 9.17) is 4.74 Å². The fourth-order valence-corrected chi connectivity index (χ4v) is 2.94. The number of Topliss-reactive ketones (excluding diaryl/α,β-unsaturated/α-hetero) is 1. The summed E-state index contributed by atoms with van der Waals surface area (Å²) in [5.41, 5.74) is 0.889. The van der Waals surface area contributed by atoms with Crippen molar-refractivity contribution in [1.29, 1.82) is 0 Å². The third kappa shape index (κ3) is 4.02. The zero-order chi connectivity index (χ0) is 16.8. The Hall–Kier alpha value is -2.53. The van der Waals surface area contributed by atoms with Gasteiger partial charge < -0.3 is 9.84 Å². The van der Waals surface area contributed by atoms with E-state index in [1.165, 1.54) is 14.0 Å². The average Bonchev–Trinajstić information content (AvgIpc) is 2.59. The van der Waals surface area contributed by atoms with Gasteiger partial charge in [-0.15, -0.1) is 0 Å². The molecule has 0 unspecified atom stereocenters. The van der Waals surface area contributed by atoms with Crippen molar-refractivity contribution in [3.8, 4) is 0 Å². The number of esters is 1. The van der Waals surface area contributed by atoms with Gasteiger partial charge in [0.15, 0.2) is 5.78 Å². The number of hydrogen-bond donors (Lipinski definition) is 1. The molecule has 118 valence electrons. The van der Waals surface area contributed by atoms with Crippen molar-refractivity contribution in [1.82, 2.24) is 0 Å². The minimum absolute atomic E-state index is 0.109. The molecule has 1 N–H and O–H groups in total. The molecule has 0 spiro atoms. The van der Waals surface area contributed by atoms with E-state index in [0.29, 0.717) is 16.0 Å².